The first kappa shape index (κ1) is 13.5. The predicted molar refractivity (Wildman–Crippen MR) is 61.1 cm³/mol. The van der Waals surface area contributed by atoms with Gasteiger partial charge in [0.2, 0.25) is 5.82 Å². The lowest BCUT2D eigenvalue weighted by atomic mass is 10.2. The number of hydrogen-bond acceptors (Lipinski definition) is 5. The molecule has 1 fully saturated rings. The molecule has 0 amide bonds. The van der Waals surface area contributed by atoms with Crippen molar-refractivity contribution in [3.05, 3.63) is 32.9 Å². The number of aromatic nitrogens is 2. The molecule has 1 aromatic heterocycles. The highest BCUT2D eigenvalue weighted by molar-refractivity contribution is 5.74. The fraction of sp³-hybridized carbons (Fsp3) is 0.545. The maximum absolute atomic E-state index is 13.1. The zero-order chi connectivity index (χ0) is 14.0. The van der Waals surface area contributed by atoms with Crippen molar-refractivity contribution in [3.63, 3.8) is 0 Å². The molecule has 1 N–H and O–H groups in total. The minimum Gasteiger partial charge on any atom is -0.464 e. The van der Waals surface area contributed by atoms with Crippen molar-refractivity contribution in [1.29, 1.82) is 0 Å². The molecule has 0 unspecified atom stereocenters. The first-order valence-electron chi connectivity index (χ1n) is 5.86. The number of nitrogens with zero attached hydrogens (tertiary/aromatic N) is 1. The van der Waals surface area contributed by atoms with Crippen molar-refractivity contribution in [3.8, 4) is 0 Å². The zero-order valence-corrected chi connectivity index (χ0v) is 10.2. The molecule has 0 spiro atoms. The van der Waals surface area contributed by atoms with E-state index >= 15 is 0 Å². The van der Waals surface area contributed by atoms with E-state index in [4.69, 9.17) is 9.47 Å². The standard InChI is InChI=1S/C11H13FN2O5/c1-2-18-10(16)7-3-4-8(19-7)14-5-6(12)9(15)13-11(14)17/h5,7-8H,2-4H2,1H3,(H,13,15,17)/t7-,8-/m0/s1. The maximum Gasteiger partial charge on any atom is 0.335 e. The van der Waals surface area contributed by atoms with Crippen molar-refractivity contribution < 1.29 is 18.7 Å². The van der Waals surface area contributed by atoms with E-state index in [1.165, 1.54) is 0 Å². The molecule has 0 radical (unpaired) electrons. The molecular weight excluding hydrogens is 259 g/mol. The van der Waals surface area contributed by atoms with E-state index in [9.17, 15) is 18.8 Å². The average molecular weight is 272 g/mol. The Labute approximate surface area is 107 Å². The van der Waals surface area contributed by atoms with Gasteiger partial charge in [-0.05, 0) is 19.8 Å². The second-order valence-electron chi connectivity index (χ2n) is 4.05. The molecule has 8 heteroatoms. The van der Waals surface area contributed by atoms with Gasteiger partial charge in [-0.1, -0.05) is 0 Å². The highest BCUT2D eigenvalue weighted by Gasteiger charge is 2.33. The van der Waals surface area contributed by atoms with Gasteiger partial charge in [-0.25, -0.2) is 9.59 Å². The van der Waals surface area contributed by atoms with Gasteiger partial charge in [-0.2, -0.15) is 4.39 Å². The topological polar surface area (TPSA) is 90.4 Å². The minimum atomic E-state index is -1.08. The number of halogens is 1. The summed E-state index contributed by atoms with van der Waals surface area (Å²) in [5.74, 6) is -1.59. The van der Waals surface area contributed by atoms with E-state index in [0.29, 0.717) is 12.8 Å². The van der Waals surface area contributed by atoms with Crippen LogP contribution in [0.15, 0.2) is 15.8 Å². The normalized spacial score (nSPS) is 22.4. The highest BCUT2D eigenvalue weighted by Crippen LogP contribution is 2.27. The molecule has 104 valence electrons. The lowest BCUT2D eigenvalue weighted by Gasteiger charge is -2.14. The van der Waals surface area contributed by atoms with Crippen molar-refractivity contribution in [1.82, 2.24) is 9.55 Å². The van der Waals surface area contributed by atoms with E-state index < -0.39 is 35.4 Å². The Morgan fingerprint density at radius 1 is 1.58 bits per heavy atom. The Morgan fingerprint density at radius 3 is 3.00 bits per heavy atom. The number of ether oxygens (including phenoxy) is 2. The van der Waals surface area contributed by atoms with Crippen molar-refractivity contribution in [2.75, 3.05) is 6.61 Å². The lowest BCUT2D eigenvalue weighted by Crippen LogP contribution is -2.34. The summed E-state index contributed by atoms with van der Waals surface area (Å²) in [6, 6.07) is 0. The van der Waals surface area contributed by atoms with E-state index in [0.717, 1.165) is 10.8 Å². The van der Waals surface area contributed by atoms with Gasteiger partial charge < -0.3 is 9.47 Å². The monoisotopic (exact) mass is 272 g/mol. The van der Waals surface area contributed by atoms with Gasteiger partial charge in [-0.15, -0.1) is 0 Å². The average Bonchev–Trinajstić information content (AvgIpc) is 2.83. The third-order valence-electron chi connectivity index (χ3n) is 2.78. The number of H-pyrrole nitrogens is 1. The molecule has 1 aliphatic rings. The lowest BCUT2D eigenvalue weighted by molar-refractivity contribution is -0.157. The smallest absolute Gasteiger partial charge is 0.335 e. The van der Waals surface area contributed by atoms with Crippen LogP contribution in [0.2, 0.25) is 0 Å². The van der Waals surface area contributed by atoms with Crippen LogP contribution >= 0.6 is 0 Å². The van der Waals surface area contributed by atoms with Gasteiger partial charge in [0.1, 0.15) is 6.23 Å². The van der Waals surface area contributed by atoms with Crippen LogP contribution in [0, 0.1) is 5.82 Å². The largest absolute Gasteiger partial charge is 0.464 e. The molecule has 0 bridgehead atoms. The van der Waals surface area contributed by atoms with Crippen LogP contribution < -0.4 is 11.2 Å². The zero-order valence-electron chi connectivity index (χ0n) is 10.2. The van der Waals surface area contributed by atoms with Crippen molar-refractivity contribution >= 4 is 5.97 Å². The first-order valence-corrected chi connectivity index (χ1v) is 5.86. The number of rotatable bonds is 3. The number of nitrogens with one attached hydrogen (secondary N) is 1. The summed E-state index contributed by atoms with van der Waals surface area (Å²) in [4.78, 5) is 35.7. The fourth-order valence-corrected chi connectivity index (χ4v) is 1.91. The van der Waals surface area contributed by atoms with Gasteiger partial charge in [-0.3, -0.25) is 14.3 Å². The molecule has 1 aromatic rings. The summed E-state index contributed by atoms with van der Waals surface area (Å²) in [5.41, 5.74) is -1.86. The first-order chi connectivity index (χ1) is 9.02. The Balaban J connectivity index is 2.17. The van der Waals surface area contributed by atoms with Gasteiger partial charge >= 0.3 is 11.7 Å². The molecule has 2 rings (SSSR count). The quantitative estimate of drug-likeness (QED) is 0.777. The Hall–Kier alpha value is -1.96. The van der Waals surface area contributed by atoms with Crippen LogP contribution in [0.3, 0.4) is 0 Å². The van der Waals surface area contributed by atoms with Crippen molar-refractivity contribution in [2.24, 2.45) is 0 Å². The van der Waals surface area contributed by atoms with Crippen molar-refractivity contribution in [2.45, 2.75) is 32.1 Å². The fourth-order valence-electron chi connectivity index (χ4n) is 1.91. The molecule has 2 atom stereocenters. The summed E-state index contributed by atoms with van der Waals surface area (Å²) in [7, 11) is 0. The van der Waals surface area contributed by atoms with Gasteiger partial charge in [0.15, 0.2) is 6.10 Å². The summed E-state index contributed by atoms with van der Waals surface area (Å²) >= 11 is 0. The Kier molecular flexibility index (Phi) is 3.79. The third kappa shape index (κ3) is 2.73. The highest BCUT2D eigenvalue weighted by atomic mass is 19.1. The second-order valence-corrected chi connectivity index (χ2v) is 4.05. The summed E-state index contributed by atoms with van der Waals surface area (Å²) in [5, 5.41) is 0. The number of carbonyl (C=O) groups is 1. The summed E-state index contributed by atoms with van der Waals surface area (Å²) in [6.07, 6.45) is -0.0506. The minimum absolute atomic E-state index is 0.233. The van der Waals surface area contributed by atoms with Crippen LogP contribution in [0.1, 0.15) is 26.0 Å². The molecule has 2 heterocycles. The van der Waals surface area contributed by atoms with Crippen LogP contribution in [0.4, 0.5) is 4.39 Å². The molecule has 0 aromatic carbocycles. The number of hydrogen-bond donors (Lipinski definition) is 1. The number of carbonyl (C=O) groups excluding carboxylic acids is 1. The molecule has 1 saturated heterocycles. The Bertz CT molecular complexity index is 593. The van der Waals surface area contributed by atoms with Gasteiger partial charge in [0.05, 0.1) is 12.8 Å². The molecule has 7 nitrogen and oxygen atoms in total. The number of esters is 1. The van der Waals surface area contributed by atoms with Crippen LogP contribution in [0.5, 0.6) is 0 Å². The van der Waals surface area contributed by atoms with E-state index in [1.807, 2.05) is 4.98 Å². The third-order valence-corrected chi connectivity index (χ3v) is 2.78. The summed E-state index contributed by atoms with van der Waals surface area (Å²) in [6.45, 7) is 1.91. The predicted octanol–water partition coefficient (Wildman–Crippen LogP) is -0.0836. The SMILES string of the molecule is CCOC(=O)[C@@H]1CC[C@@H](n2cc(F)c(=O)[nH]c2=O)O1. The molecule has 1 aliphatic heterocycles. The van der Waals surface area contributed by atoms with Gasteiger partial charge in [0, 0.05) is 0 Å². The van der Waals surface area contributed by atoms with E-state index in [1.54, 1.807) is 6.92 Å². The van der Waals surface area contributed by atoms with Crippen LogP contribution in [0.25, 0.3) is 0 Å². The Morgan fingerprint density at radius 2 is 2.32 bits per heavy atom. The molecule has 0 aliphatic carbocycles. The summed E-state index contributed by atoms with van der Waals surface area (Å²) < 4.78 is 24.2. The molecular formula is C11H13FN2O5. The molecule has 19 heavy (non-hydrogen) atoms. The van der Waals surface area contributed by atoms with E-state index in [-0.39, 0.29) is 6.61 Å². The second kappa shape index (κ2) is 5.35. The van der Waals surface area contributed by atoms with Crippen LogP contribution in [-0.4, -0.2) is 28.2 Å². The van der Waals surface area contributed by atoms with Gasteiger partial charge in [0.25, 0.3) is 5.56 Å². The van der Waals surface area contributed by atoms with Crippen LogP contribution in [-0.2, 0) is 14.3 Å². The number of aromatic amines is 1. The van der Waals surface area contributed by atoms with E-state index in [2.05, 4.69) is 0 Å². The molecule has 0 saturated carbocycles. The maximum atomic E-state index is 13.1.